The summed E-state index contributed by atoms with van der Waals surface area (Å²) in [5, 5.41) is 0. The third kappa shape index (κ3) is 15.4. The van der Waals surface area contributed by atoms with Crippen molar-refractivity contribution >= 4 is 0 Å². The van der Waals surface area contributed by atoms with E-state index >= 15 is 0 Å². The highest BCUT2D eigenvalue weighted by Gasteiger charge is 1.83. The molecule has 1 aromatic carbocycles. The average Bonchev–Trinajstić information content (AvgIpc) is 2.29. The van der Waals surface area contributed by atoms with Gasteiger partial charge in [0.2, 0.25) is 0 Å². The van der Waals surface area contributed by atoms with Crippen LogP contribution in [0.4, 0.5) is 0 Å². The number of methoxy groups -OCH3 is 1. The van der Waals surface area contributed by atoms with Crippen molar-refractivity contribution < 1.29 is 4.74 Å². The highest BCUT2D eigenvalue weighted by atomic mass is 16.4. The zero-order chi connectivity index (χ0) is 12.7. The number of aryl methyl sites for hydroxylation is 2. The summed E-state index contributed by atoms with van der Waals surface area (Å²) < 4.78 is 4.25. The van der Waals surface area contributed by atoms with Crippen LogP contribution in [-0.4, -0.2) is 14.2 Å². The van der Waals surface area contributed by atoms with Gasteiger partial charge in [-0.1, -0.05) is 24.3 Å². The first-order valence-electron chi connectivity index (χ1n) is 4.64. The van der Waals surface area contributed by atoms with Gasteiger partial charge in [0.25, 0.3) is 0 Å². The molecule has 0 radical (unpaired) electrons. The monoisotopic (exact) mass is 208 g/mol. The van der Waals surface area contributed by atoms with E-state index in [2.05, 4.69) is 69.2 Å². The summed E-state index contributed by atoms with van der Waals surface area (Å²) in [6.07, 6.45) is 0. The lowest BCUT2D eigenvalue weighted by atomic mass is 10.1. The molecule has 0 spiro atoms. The minimum atomic E-state index is 1.37. The molecule has 0 aromatic heterocycles. The maximum Gasteiger partial charge on any atom is 0.0351 e. The molecule has 0 fully saturated rings. The van der Waals surface area contributed by atoms with Crippen LogP contribution in [0.25, 0.3) is 0 Å². The second kappa shape index (κ2) is 18.4. The predicted octanol–water partition coefficient (Wildman–Crippen LogP) is 4.17. The summed E-state index contributed by atoms with van der Waals surface area (Å²) in [6.45, 7) is 16.2. The molecule has 1 heteroatoms. The van der Waals surface area contributed by atoms with Gasteiger partial charge in [0, 0.05) is 14.2 Å². The lowest BCUT2D eigenvalue weighted by Crippen LogP contribution is -1.74. The van der Waals surface area contributed by atoms with Crippen LogP contribution >= 0.6 is 0 Å². The van der Waals surface area contributed by atoms with E-state index in [4.69, 9.17) is 0 Å². The number of hydrogen-bond acceptors (Lipinski definition) is 1. The Morgan fingerprint density at radius 1 is 0.800 bits per heavy atom. The van der Waals surface area contributed by atoms with Crippen LogP contribution in [0.5, 0.6) is 0 Å². The Morgan fingerprint density at radius 3 is 1.13 bits per heavy atom. The molecule has 0 saturated carbocycles. The Hall–Kier alpha value is -1.34. The van der Waals surface area contributed by atoms with Gasteiger partial charge in [-0.2, -0.15) is 0 Å². The van der Waals surface area contributed by atoms with E-state index in [1.807, 2.05) is 0 Å². The van der Waals surface area contributed by atoms with Gasteiger partial charge in [-0.05, 0) is 25.0 Å². The highest BCUT2D eigenvalue weighted by Crippen LogP contribution is 2.02. The second-order valence-electron chi connectivity index (χ2n) is 2.49. The van der Waals surface area contributed by atoms with Crippen LogP contribution in [0.2, 0.25) is 0 Å². The lowest BCUT2D eigenvalue weighted by Gasteiger charge is -1.93. The zero-order valence-electron chi connectivity index (χ0n) is 10.5. The molecule has 0 aliphatic carbocycles. The van der Waals surface area contributed by atoms with Crippen molar-refractivity contribution in [2.24, 2.45) is 0 Å². The fourth-order valence-corrected chi connectivity index (χ4v) is 0.663. The first kappa shape index (κ1) is 19.3. The number of hydrogen-bond donors (Lipinski definition) is 0. The normalized spacial score (nSPS) is 6.67. The molecular weight excluding hydrogens is 184 g/mol. The third-order valence-electron chi connectivity index (χ3n) is 1.43. The Kier molecular flexibility index (Phi) is 23.7. The average molecular weight is 208 g/mol. The molecule has 1 rings (SSSR count). The van der Waals surface area contributed by atoms with Crippen molar-refractivity contribution in [3.05, 3.63) is 61.7 Å². The maximum atomic E-state index is 4.25. The van der Waals surface area contributed by atoms with Gasteiger partial charge in [-0.15, -0.1) is 26.3 Å². The molecule has 0 heterocycles. The van der Waals surface area contributed by atoms with Crippen LogP contribution < -0.4 is 0 Å². The molecule has 1 nitrogen and oxygen atoms in total. The Morgan fingerprint density at radius 2 is 1.00 bits per heavy atom. The van der Waals surface area contributed by atoms with E-state index in [1.54, 1.807) is 14.2 Å². The Labute approximate surface area is 95.1 Å². The van der Waals surface area contributed by atoms with Crippen LogP contribution in [0.3, 0.4) is 0 Å². The van der Waals surface area contributed by atoms with E-state index in [0.717, 1.165) is 0 Å². The van der Waals surface area contributed by atoms with Gasteiger partial charge in [-0.25, -0.2) is 0 Å². The lowest BCUT2D eigenvalue weighted by molar-refractivity contribution is 0.277. The molecular formula is C14H24O. The second-order valence-corrected chi connectivity index (χ2v) is 2.49. The van der Waals surface area contributed by atoms with Crippen LogP contribution in [0, 0.1) is 13.8 Å². The van der Waals surface area contributed by atoms with Crippen molar-refractivity contribution in [3.8, 4) is 0 Å². The number of benzene rings is 1. The van der Waals surface area contributed by atoms with E-state index in [-0.39, 0.29) is 0 Å². The van der Waals surface area contributed by atoms with Gasteiger partial charge in [-0.3, -0.25) is 0 Å². The molecule has 0 aliphatic rings. The van der Waals surface area contributed by atoms with Crippen molar-refractivity contribution in [1.82, 2.24) is 0 Å². The Bertz CT molecular complexity index is 195. The summed E-state index contributed by atoms with van der Waals surface area (Å²) >= 11 is 0. The Balaban J connectivity index is -0.000000176. The molecule has 0 bridgehead atoms. The van der Waals surface area contributed by atoms with E-state index < -0.39 is 0 Å². The fraction of sp³-hybridized carbons (Fsp3) is 0.286. The molecule has 0 amide bonds. The topological polar surface area (TPSA) is 9.23 Å². The van der Waals surface area contributed by atoms with Crippen molar-refractivity contribution in [1.29, 1.82) is 0 Å². The number of rotatable bonds is 0. The first-order chi connectivity index (χ1) is 7.22. The van der Waals surface area contributed by atoms with Gasteiger partial charge in [0.05, 0.1) is 0 Å². The van der Waals surface area contributed by atoms with Crippen LogP contribution in [0.1, 0.15) is 11.1 Å². The van der Waals surface area contributed by atoms with Crippen LogP contribution in [0.15, 0.2) is 50.6 Å². The minimum absolute atomic E-state index is 1.37. The van der Waals surface area contributed by atoms with Crippen molar-refractivity contribution in [2.75, 3.05) is 14.2 Å². The van der Waals surface area contributed by atoms with Crippen molar-refractivity contribution in [2.45, 2.75) is 13.8 Å². The standard InChI is InChI=1S/C8H10.C2H6O.2C2H4/c1-7-5-3-4-6-8(7)2;1-3-2;2*1-2/h3-6H,1-2H3;1-2H3;2*1-2H2. The third-order valence-corrected chi connectivity index (χ3v) is 1.43. The summed E-state index contributed by atoms with van der Waals surface area (Å²) in [5.74, 6) is 0. The van der Waals surface area contributed by atoms with Crippen molar-refractivity contribution in [3.63, 3.8) is 0 Å². The summed E-state index contributed by atoms with van der Waals surface area (Å²) in [4.78, 5) is 0. The number of ether oxygens (including phenoxy) is 1. The summed E-state index contributed by atoms with van der Waals surface area (Å²) in [7, 11) is 3.25. The van der Waals surface area contributed by atoms with Gasteiger partial charge < -0.3 is 4.74 Å². The maximum absolute atomic E-state index is 4.25. The quantitative estimate of drug-likeness (QED) is 0.581. The fourth-order valence-electron chi connectivity index (χ4n) is 0.663. The van der Waals surface area contributed by atoms with Crippen LogP contribution in [-0.2, 0) is 4.74 Å². The molecule has 15 heavy (non-hydrogen) atoms. The predicted molar refractivity (Wildman–Crippen MR) is 71.4 cm³/mol. The molecule has 1 aromatic rings. The van der Waals surface area contributed by atoms with Gasteiger partial charge in [0.15, 0.2) is 0 Å². The molecule has 86 valence electrons. The summed E-state index contributed by atoms with van der Waals surface area (Å²) in [6, 6.07) is 8.36. The summed E-state index contributed by atoms with van der Waals surface area (Å²) in [5.41, 5.74) is 2.74. The molecule has 0 unspecified atom stereocenters. The largest absolute Gasteiger partial charge is 0.388 e. The molecule has 0 aliphatic heterocycles. The van der Waals surface area contributed by atoms with Gasteiger partial charge in [0.1, 0.15) is 0 Å². The van der Waals surface area contributed by atoms with E-state index in [9.17, 15) is 0 Å². The SMILES string of the molecule is C=C.C=C.COC.Cc1ccccc1C. The van der Waals surface area contributed by atoms with E-state index in [0.29, 0.717) is 0 Å². The molecule has 0 saturated heterocycles. The first-order valence-corrected chi connectivity index (χ1v) is 4.64. The smallest absolute Gasteiger partial charge is 0.0351 e. The minimum Gasteiger partial charge on any atom is -0.388 e. The zero-order valence-corrected chi connectivity index (χ0v) is 10.5. The van der Waals surface area contributed by atoms with E-state index in [1.165, 1.54) is 11.1 Å². The molecule has 0 N–H and O–H groups in total. The molecule has 0 atom stereocenters. The van der Waals surface area contributed by atoms with Gasteiger partial charge >= 0.3 is 0 Å². The highest BCUT2D eigenvalue weighted by molar-refractivity contribution is 5.23.